The molecule has 1 amide bonds. The quantitative estimate of drug-likeness (QED) is 0.637. The van der Waals surface area contributed by atoms with E-state index in [2.05, 4.69) is 0 Å². The second kappa shape index (κ2) is 5.03. The smallest absolute Gasteiger partial charge is 0.390 e. The standard InChI is InChI=1S/C10H10F4N2O/c11-7-5-6(1-2-8(7)15)9(17)16-4-3-10(12,13)14/h1-2,5H,3-4,15H2,(H,16,17). The Kier molecular flexibility index (Phi) is 3.93. The van der Waals surface area contributed by atoms with Crippen LogP contribution in [0.15, 0.2) is 18.2 Å². The minimum absolute atomic E-state index is 0.0705. The highest BCUT2D eigenvalue weighted by atomic mass is 19.4. The molecule has 17 heavy (non-hydrogen) atoms. The van der Waals surface area contributed by atoms with Crippen LogP contribution in [-0.4, -0.2) is 18.6 Å². The number of benzene rings is 1. The van der Waals surface area contributed by atoms with Crippen LogP contribution in [0.2, 0.25) is 0 Å². The molecule has 3 nitrogen and oxygen atoms in total. The Morgan fingerprint density at radius 2 is 2.00 bits per heavy atom. The third kappa shape index (κ3) is 4.29. The van der Waals surface area contributed by atoms with E-state index in [1.807, 2.05) is 5.32 Å². The van der Waals surface area contributed by atoms with Gasteiger partial charge in [0.05, 0.1) is 12.1 Å². The maximum Gasteiger partial charge on any atom is 0.390 e. The largest absolute Gasteiger partial charge is 0.396 e. The topological polar surface area (TPSA) is 55.1 Å². The molecule has 7 heteroatoms. The molecule has 0 radical (unpaired) electrons. The molecule has 0 heterocycles. The van der Waals surface area contributed by atoms with Crippen LogP contribution in [0.5, 0.6) is 0 Å². The van der Waals surface area contributed by atoms with Crippen molar-refractivity contribution in [3.8, 4) is 0 Å². The second-order valence-corrected chi connectivity index (χ2v) is 3.36. The molecule has 0 unspecified atom stereocenters. The normalized spacial score (nSPS) is 11.3. The number of rotatable bonds is 3. The van der Waals surface area contributed by atoms with E-state index in [1.54, 1.807) is 0 Å². The maximum atomic E-state index is 13.0. The molecule has 0 saturated carbocycles. The van der Waals surface area contributed by atoms with Crippen molar-refractivity contribution in [2.24, 2.45) is 0 Å². The van der Waals surface area contributed by atoms with Crippen molar-refractivity contribution in [3.63, 3.8) is 0 Å². The number of carbonyl (C=O) groups excluding carboxylic acids is 1. The monoisotopic (exact) mass is 250 g/mol. The number of hydrogen-bond donors (Lipinski definition) is 2. The van der Waals surface area contributed by atoms with Gasteiger partial charge in [0, 0.05) is 12.1 Å². The fraction of sp³-hybridized carbons (Fsp3) is 0.300. The van der Waals surface area contributed by atoms with Gasteiger partial charge in [-0.1, -0.05) is 0 Å². The van der Waals surface area contributed by atoms with E-state index >= 15 is 0 Å². The highest BCUT2D eigenvalue weighted by molar-refractivity contribution is 5.94. The molecule has 0 spiro atoms. The van der Waals surface area contributed by atoms with Gasteiger partial charge < -0.3 is 11.1 Å². The summed E-state index contributed by atoms with van der Waals surface area (Å²) in [5, 5.41) is 2.04. The van der Waals surface area contributed by atoms with Gasteiger partial charge in [-0.05, 0) is 18.2 Å². The molecule has 0 aliphatic carbocycles. The highest BCUT2D eigenvalue weighted by Crippen LogP contribution is 2.18. The van der Waals surface area contributed by atoms with Crippen LogP contribution in [0.4, 0.5) is 23.2 Å². The molecule has 0 fully saturated rings. The van der Waals surface area contributed by atoms with Gasteiger partial charge in [0.25, 0.3) is 5.91 Å². The van der Waals surface area contributed by atoms with Gasteiger partial charge in [-0.25, -0.2) is 4.39 Å². The van der Waals surface area contributed by atoms with Crippen molar-refractivity contribution in [3.05, 3.63) is 29.6 Å². The van der Waals surface area contributed by atoms with Crippen LogP contribution in [0, 0.1) is 5.82 Å². The molecule has 1 rings (SSSR count). The van der Waals surface area contributed by atoms with Crippen LogP contribution in [0.3, 0.4) is 0 Å². The van der Waals surface area contributed by atoms with E-state index in [1.165, 1.54) is 12.1 Å². The molecule has 0 atom stereocenters. The van der Waals surface area contributed by atoms with Crippen LogP contribution in [0.1, 0.15) is 16.8 Å². The van der Waals surface area contributed by atoms with E-state index in [0.717, 1.165) is 6.07 Å². The van der Waals surface area contributed by atoms with Gasteiger partial charge >= 0.3 is 6.18 Å². The minimum Gasteiger partial charge on any atom is -0.396 e. The Morgan fingerprint density at radius 3 is 2.53 bits per heavy atom. The second-order valence-electron chi connectivity index (χ2n) is 3.36. The van der Waals surface area contributed by atoms with Crippen LogP contribution >= 0.6 is 0 Å². The van der Waals surface area contributed by atoms with E-state index in [0.29, 0.717) is 0 Å². The first kappa shape index (κ1) is 13.3. The van der Waals surface area contributed by atoms with E-state index in [-0.39, 0.29) is 11.3 Å². The third-order valence-electron chi connectivity index (χ3n) is 1.96. The summed E-state index contributed by atoms with van der Waals surface area (Å²) in [7, 11) is 0. The molecule has 94 valence electrons. The maximum absolute atomic E-state index is 13.0. The van der Waals surface area contributed by atoms with E-state index in [4.69, 9.17) is 5.73 Å². The first-order chi connectivity index (χ1) is 7.79. The number of halogens is 4. The molecule has 0 bridgehead atoms. The summed E-state index contributed by atoms with van der Waals surface area (Å²) in [6.07, 6.45) is -5.46. The summed E-state index contributed by atoms with van der Waals surface area (Å²) in [6, 6.07) is 3.29. The summed E-state index contributed by atoms with van der Waals surface area (Å²) < 4.78 is 48.4. The van der Waals surface area contributed by atoms with Gasteiger partial charge in [-0.2, -0.15) is 13.2 Å². The molecule has 0 saturated heterocycles. The van der Waals surface area contributed by atoms with Crippen molar-refractivity contribution in [2.45, 2.75) is 12.6 Å². The lowest BCUT2D eigenvalue weighted by Gasteiger charge is -2.08. The zero-order chi connectivity index (χ0) is 13.1. The molecule has 0 aliphatic heterocycles. The summed E-state index contributed by atoms with van der Waals surface area (Å²) in [5.74, 6) is -1.55. The zero-order valence-electron chi connectivity index (χ0n) is 8.64. The van der Waals surface area contributed by atoms with Gasteiger partial charge in [0.1, 0.15) is 5.82 Å². The lowest BCUT2D eigenvalue weighted by atomic mass is 10.2. The van der Waals surface area contributed by atoms with Gasteiger partial charge in [-0.15, -0.1) is 0 Å². The van der Waals surface area contributed by atoms with Crippen LogP contribution < -0.4 is 11.1 Å². The Labute approximate surface area is 94.6 Å². The number of nitrogens with one attached hydrogen (secondary N) is 1. The van der Waals surface area contributed by atoms with Crippen molar-refractivity contribution < 1.29 is 22.4 Å². The zero-order valence-corrected chi connectivity index (χ0v) is 8.64. The van der Waals surface area contributed by atoms with Gasteiger partial charge in [0.2, 0.25) is 0 Å². The summed E-state index contributed by atoms with van der Waals surface area (Å²) >= 11 is 0. The fourth-order valence-corrected chi connectivity index (χ4v) is 1.09. The average molecular weight is 250 g/mol. The molecule has 0 aliphatic rings. The van der Waals surface area contributed by atoms with Crippen molar-refractivity contribution in [2.75, 3.05) is 12.3 Å². The molecule has 1 aromatic carbocycles. The number of anilines is 1. The summed E-state index contributed by atoms with van der Waals surface area (Å²) in [6.45, 7) is -0.547. The summed E-state index contributed by atoms with van der Waals surface area (Å²) in [4.78, 5) is 11.3. The van der Waals surface area contributed by atoms with E-state index < -0.39 is 30.9 Å². The number of hydrogen-bond acceptors (Lipinski definition) is 2. The van der Waals surface area contributed by atoms with Crippen LogP contribution in [-0.2, 0) is 0 Å². The molecule has 1 aromatic rings. The molecule has 3 N–H and O–H groups in total. The Balaban J connectivity index is 2.56. The van der Waals surface area contributed by atoms with Crippen LogP contribution in [0.25, 0.3) is 0 Å². The predicted octanol–water partition coefficient (Wildman–Crippen LogP) is 2.09. The fourth-order valence-electron chi connectivity index (χ4n) is 1.09. The predicted molar refractivity (Wildman–Crippen MR) is 53.8 cm³/mol. The van der Waals surface area contributed by atoms with E-state index in [9.17, 15) is 22.4 Å². The first-order valence-electron chi connectivity index (χ1n) is 4.69. The molecular formula is C10H10F4N2O. The molecular weight excluding hydrogens is 240 g/mol. The SMILES string of the molecule is Nc1ccc(C(=O)NCCC(F)(F)F)cc1F. The number of nitrogen functional groups attached to an aromatic ring is 1. The summed E-state index contributed by atoms with van der Waals surface area (Å²) in [5.41, 5.74) is 4.99. The Morgan fingerprint density at radius 1 is 1.35 bits per heavy atom. The lowest BCUT2D eigenvalue weighted by Crippen LogP contribution is -2.28. The van der Waals surface area contributed by atoms with Crippen molar-refractivity contribution >= 4 is 11.6 Å². The number of carbonyl (C=O) groups is 1. The third-order valence-corrected chi connectivity index (χ3v) is 1.96. The number of nitrogens with two attached hydrogens (primary N) is 1. The van der Waals surface area contributed by atoms with Crippen molar-refractivity contribution in [1.29, 1.82) is 0 Å². The Hall–Kier alpha value is -1.79. The number of amides is 1. The first-order valence-corrected chi connectivity index (χ1v) is 4.69. The molecule has 0 aromatic heterocycles. The van der Waals surface area contributed by atoms with Gasteiger partial charge in [-0.3, -0.25) is 4.79 Å². The highest BCUT2D eigenvalue weighted by Gasteiger charge is 2.26. The Bertz CT molecular complexity index is 417. The lowest BCUT2D eigenvalue weighted by molar-refractivity contribution is -0.132. The van der Waals surface area contributed by atoms with Gasteiger partial charge in [0.15, 0.2) is 0 Å². The number of alkyl halides is 3. The minimum atomic E-state index is -4.33. The van der Waals surface area contributed by atoms with Crippen molar-refractivity contribution in [1.82, 2.24) is 5.32 Å². The average Bonchev–Trinajstić information content (AvgIpc) is 2.20.